The molecule has 2 N–H and O–H groups in total. The molecule has 1 fully saturated rings. The second-order valence-corrected chi connectivity index (χ2v) is 4.66. The molecule has 0 radical (unpaired) electrons. The van der Waals surface area contributed by atoms with Crippen LogP contribution < -0.4 is 5.73 Å². The fourth-order valence-electron chi connectivity index (χ4n) is 2.34. The van der Waals surface area contributed by atoms with Gasteiger partial charge in [0.15, 0.2) is 0 Å². The molecule has 0 spiro atoms. The number of carbonyl (C=O) groups is 1. The van der Waals surface area contributed by atoms with E-state index >= 15 is 0 Å². The van der Waals surface area contributed by atoms with Gasteiger partial charge < -0.3 is 15.4 Å². The summed E-state index contributed by atoms with van der Waals surface area (Å²) >= 11 is 0. The minimum atomic E-state index is -0.516. The number of rotatable bonds is 4. The summed E-state index contributed by atoms with van der Waals surface area (Å²) in [5.41, 5.74) is 5.76. The Kier molecular flexibility index (Phi) is 5.77. The van der Waals surface area contributed by atoms with Gasteiger partial charge in [-0.15, -0.1) is 0 Å². The minimum absolute atomic E-state index is 0.00810. The first-order chi connectivity index (χ1) is 7.66. The highest BCUT2D eigenvalue weighted by Crippen LogP contribution is 2.21. The minimum Gasteiger partial charge on any atom is -0.383 e. The lowest BCUT2D eigenvalue weighted by Crippen LogP contribution is -2.48. The molecule has 1 aliphatic rings. The van der Waals surface area contributed by atoms with Crippen molar-refractivity contribution in [3.05, 3.63) is 0 Å². The van der Waals surface area contributed by atoms with Crippen LogP contribution in [0.1, 0.15) is 38.5 Å². The zero-order valence-electron chi connectivity index (χ0n) is 10.4. The van der Waals surface area contributed by atoms with Crippen LogP contribution in [0.2, 0.25) is 0 Å². The Labute approximate surface area is 98.1 Å². The molecule has 1 saturated carbocycles. The van der Waals surface area contributed by atoms with Crippen molar-refractivity contribution in [3.8, 4) is 0 Å². The van der Waals surface area contributed by atoms with E-state index in [0.29, 0.717) is 12.6 Å². The molecule has 0 heterocycles. The van der Waals surface area contributed by atoms with Crippen LogP contribution in [0.4, 0.5) is 0 Å². The highest BCUT2D eigenvalue weighted by molar-refractivity contribution is 5.81. The summed E-state index contributed by atoms with van der Waals surface area (Å²) in [5, 5.41) is 0. The largest absolute Gasteiger partial charge is 0.383 e. The fraction of sp³-hybridized carbons (Fsp3) is 0.917. The molecule has 0 aromatic heterocycles. The number of carbonyl (C=O) groups excluding carboxylic acids is 1. The molecule has 94 valence electrons. The Hall–Kier alpha value is -0.610. The molecule has 1 unspecified atom stereocenters. The number of amides is 1. The lowest BCUT2D eigenvalue weighted by Gasteiger charge is -2.29. The van der Waals surface area contributed by atoms with Crippen molar-refractivity contribution in [3.63, 3.8) is 0 Å². The molecule has 0 saturated heterocycles. The first-order valence-electron chi connectivity index (χ1n) is 6.18. The van der Waals surface area contributed by atoms with Gasteiger partial charge in [-0.1, -0.05) is 25.7 Å². The van der Waals surface area contributed by atoms with E-state index in [0.717, 1.165) is 12.8 Å². The van der Waals surface area contributed by atoms with Gasteiger partial charge in [0.05, 0.1) is 6.61 Å². The number of nitrogens with two attached hydrogens (primary N) is 1. The zero-order valence-corrected chi connectivity index (χ0v) is 10.4. The number of nitrogens with zero attached hydrogens (tertiary/aromatic N) is 1. The van der Waals surface area contributed by atoms with Gasteiger partial charge in [0.25, 0.3) is 0 Å². The third-order valence-corrected chi connectivity index (χ3v) is 3.38. The number of hydrogen-bond donors (Lipinski definition) is 1. The highest BCUT2D eigenvalue weighted by Gasteiger charge is 2.24. The normalized spacial score (nSPS) is 20.2. The lowest BCUT2D eigenvalue weighted by atomic mass is 10.1. The molecule has 0 aromatic carbocycles. The first-order valence-corrected chi connectivity index (χ1v) is 6.18. The monoisotopic (exact) mass is 228 g/mol. The molecule has 0 aromatic rings. The van der Waals surface area contributed by atoms with Crippen molar-refractivity contribution in [2.24, 2.45) is 5.73 Å². The summed E-state index contributed by atoms with van der Waals surface area (Å²) in [6.07, 6.45) is 7.26. The maximum atomic E-state index is 12.0. The predicted molar refractivity (Wildman–Crippen MR) is 64.1 cm³/mol. The SMILES string of the molecule is COCC(N)C(=O)N(C)C1CCCCCC1. The van der Waals surface area contributed by atoms with Gasteiger partial charge in [-0.3, -0.25) is 4.79 Å². The summed E-state index contributed by atoms with van der Waals surface area (Å²) < 4.78 is 4.91. The Morgan fingerprint density at radius 3 is 2.44 bits per heavy atom. The van der Waals surface area contributed by atoms with Gasteiger partial charge in [0.2, 0.25) is 5.91 Å². The standard InChI is InChI=1S/C12H24N2O2/c1-14(12(15)11(13)9-16-2)10-7-5-3-4-6-8-10/h10-11H,3-9,13H2,1-2H3. The van der Waals surface area contributed by atoms with Gasteiger partial charge >= 0.3 is 0 Å². The summed E-state index contributed by atoms with van der Waals surface area (Å²) in [6, 6.07) is -0.142. The topological polar surface area (TPSA) is 55.6 Å². The van der Waals surface area contributed by atoms with E-state index < -0.39 is 6.04 Å². The smallest absolute Gasteiger partial charge is 0.241 e. The summed E-state index contributed by atoms with van der Waals surface area (Å²) in [4.78, 5) is 13.8. The molecule has 0 bridgehead atoms. The quantitative estimate of drug-likeness (QED) is 0.734. The molecule has 0 aliphatic heterocycles. The van der Waals surface area contributed by atoms with Crippen LogP contribution in [0.3, 0.4) is 0 Å². The van der Waals surface area contributed by atoms with Crippen molar-refractivity contribution >= 4 is 5.91 Å². The van der Waals surface area contributed by atoms with Crippen LogP contribution in [0.15, 0.2) is 0 Å². The Morgan fingerprint density at radius 1 is 1.38 bits per heavy atom. The maximum Gasteiger partial charge on any atom is 0.241 e. The lowest BCUT2D eigenvalue weighted by molar-refractivity contribution is -0.134. The van der Waals surface area contributed by atoms with Crippen molar-refractivity contribution in [2.75, 3.05) is 20.8 Å². The van der Waals surface area contributed by atoms with Crippen molar-refractivity contribution in [1.82, 2.24) is 4.90 Å². The number of methoxy groups -OCH3 is 1. The van der Waals surface area contributed by atoms with Gasteiger partial charge in [-0.05, 0) is 12.8 Å². The van der Waals surface area contributed by atoms with Crippen LogP contribution in [-0.4, -0.2) is 43.7 Å². The van der Waals surface area contributed by atoms with E-state index in [1.165, 1.54) is 25.7 Å². The van der Waals surface area contributed by atoms with Gasteiger partial charge in [-0.2, -0.15) is 0 Å². The summed E-state index contributed by atoms with van der Waals surface area (Å²) in [6.45, 7) is 0.301. The average molecular weight is 228 g/mol. The highest BCUT2D eigenvalue weighted by atomic mass is 16.5. The van der Waals surface area contributed by atoms with Gasteiger partial charge in [-0.25, -0.2) is 0 Å². The molecule has 1 atom stereocenters. The van der Waals surface area contributed by atoms with Crippen LogP contribution >= 0.6 is 0 Å². The molecule has 4 heteroatoms. The van der Waals surface area contributed by atoms with Gasteiger partial charge in [0.1, 0.15) is 6.04 Å². The summed E-state index contributed by atoms with van der Waals surface area (Å²) in [5.74, 6) is 0.00810. The number of ether oxygens (including phenoxy) is 1. The maximum absolute atomic E-state index is 12.0. The molecule has 16 heavy (non-hydrogen) atoms. The molecule has 1 amide bonds. The van der Waals surface area contributed by atoms with E-state index in [2.05, 4.69) is 0 Å². The third-order valence-electron chi connectivity index (χ3n) is 3.38. The van der Waals surface area contributed by atoms with Crippen LogP contribution in [-0.2, 0) is 9.53 Å². The molecule has 1 aliphatic carbocycles. The van der Waals surface area contributed by atoms with E-state index in [4.69, 9.17) is 10.5 Å². The van der Waals surface area contributed by atoms with E-state index in [-0.39, 0.29) is 5.91 Å². The Morgan fingerprint density at radius 2 is 1.94 bits per heavy atom. The Balaban J connectivity index is 2.47. The van der Waals surface area contributed by atoms with E-state index in [1.54, 1.807) is 7.11 Å². The first kappa shape index (κ1) is 13.5. The molecule has 4 nitrogen and oxygen atoms in total. The molecular formula is C12H24N2O2. The fourth-order valence-corrected chi connectivity index (χ4v) is 2.34. The van der Waals surface area contributed by atoms with Crippen molar-refractivity contribution < 1.29 is 9.53 Å². The predicted octanol–water partition coefficient (Wildman–Crippen LogP) is 1.14. The molecular weight excluding hydrogens is 204 g/mol. The van der Waals surface area contributed by atoms with E-state index in [1.807, 2.05) is 11.9 Å². The third kappa shape index (κ3) is 3.76. The van der Waals surface area contributed by atoms with Crippen LogP contribution in [0.25, 0.3) is 0 Å². The van der Waals surface area contributed by atoms with E-state index in [9.17, 15) is 4.79 Å². The number of hydrogen-bond acceptors (Lipinski definition) is 3. The van der Waals surface area contributed by atoms with Crippen molar-refractivity contribution in [2.45, 2.75) is 50.6 Å². The van der Waals surface area contributed by atoms with Gasteiger partial charge in [0, 0.05) is 20.2 Å². The number of likely N-dealkylation sites (N-methyl/N-ethyl adjacent to an activating group) is 1. The second kappa shape index (κ2) is 6.86. The van der Waals surface area contributed by atoms with Crippen LogP contribution in [0, 0.1) is 0 Å². The molecule has 1 rings (SSSR count). The van der Waals surface area contributed by atoms with Crippen LogP contribution in [0.5, 0.6) is 0 Å². The van der Waals surface area contributed by atoms with Crippen molar-refractivity contribution in [1.29, 1.82) is 0 Å². The average Bonchev–Trinajstić information content (AvgIpc) is 2.56. The zero-order chi connectivity index (χ0) is 12.0. The Bertz CT molecular complexity index is 213. The summed E-state index contributed by atoms with van der Waals surface area (Å²) in [7, 11) is 3.44. The second-order valence-electron chi connectivity index (χ2n) is 4.66.